The highest BCUT2D eigenvalue weighted by molar-refractivity contribution is 7.82. The average Bonchev–Trinajstić information content (AvgIpc) is 2.99. The number of carbonyl (C=O) groups is 1. The number of hydrogen-bond acceptors (Lipinski definition) is 24. The van der Waals surface area contributed by atoms with E-state index in [4.69, 9.17) is 18.6 Å². The Morgan fingerprint density at radius 2 is 1.16 bits per heavy atom. The number of carbonyl (C=O) groups excluding carboxylic acids is 1. The van der Waals surface area contributed by atoms with Gasteiger partial charge in [-0.2, -0.15) is 58.9 Å². The van der Waals surface area contributed by atoms with Crippen molar-refractivity contribution in [3.05, 3.63) is 35.9 Å². The minimum Gasteiger partial charge on any atom is -0.351 e. The third-order valence-corrected chi connectivity index (χ3v) is 9.54. The maximum atomic E-state index is 13.5. The summed E-state index contributed by atoms with van der Waals surface area (Å²) in [5.41, 5.74) is 0.412. The molecule has 1 aromatic rings. The molecule has 8 atom stereocenters. The Bertz CT molecular complexity index is 2350. The van der Waals surface area contributed by atoms with Crippen molar-refractivity contribution in [3.63, 3.8) is 0 Å². The van der Waals surface area contributed by atoms with Gasteiger partial charge in [0, 0.05) is 13.0 Å². The first-order valence-corrected chi connectivity index (χ1v) is 23.7. The Balaban J connectivity index is 2.74. The number of ether oxygens (including phenoxy) is 2. The fourth-order valence-corrected chi connectivity index (χ4v) is 7.77. The van der Waals surface area contributed by atoms with E-state index in [9.17, 15) is 86.5 Å². The molecule has 58 heavy (non-hydrogen) atoms. The second-order valence-electron chi connectivity index (χ2n) is 10.6. The number of nitrogens with one attached hydrogen (secondary N) is 1. The summed E-state index contributed by atoms with van der Waals surface area (Å²) in [5.74, 6) is -2.34. The van der Waals surface area contributed by atoms with Crippen molar-refractivity contribution in [1.29, 1.82) is 0 Å². The van der Waals surface area contributed by atoms with Crippen molar-refractivity contribution in [3.8, 4) is 0 Å². The zero-order chi connectivity index (χ0) is 44.7. The van der Waals surface area contributed by atoms with Crippen LogP contribution in [-0.4, -0.2) is 159 Å². The Labute approximate surface area is 328 Å². The first kappa shape index (κ1) is 51.8. The molecule has 0 spiro atoms. The van der Waals surface area contributed by atoms with Gasteiger partial charge in [0.05, 0.1) is 13.2 Å². The molecule has 0 radical (unpaired) electrons. The number of hydrogen-bond donors (Lipinski definition) is 8. The lowest BCUT2D eigenvalue weighted by atomic mass is 10.0. The van der Waals surface area contributed by atoms with Gasteiger partial charge in [-0.15, -0.1) is 0 Å². The molecule has 0 saturated carbocycles. The standard InChI is InChI=1S/C19H29NO31S7/c21-19(20-7-12-15(48-55(31,32)33)11(46-53(25,26)27)6-14(45-12)43-8-10-4-2-1-3-5-10)18(51-58(40,41)42)17(50-57(37,38)39)16(49-56(34,35)36)13(47-54(28,29)30)9-44-52(22,23)24/h1-5,11-18H,6-9H2,(H,20,21)(H,22,23,24)(H,25,26,27)(H,28,29,30)(H,31,32,33)(H,34,35,36)(H,37,38,39)(H,40,41,42)/t11-,12-,13-,14+,15+,16-,17+,18-/m1/s1. The molecule has 1 aliphatic heterocycles. The zero-order valence-electron chi connectivity index (χ0n) is 27.6. The van der Waals surface area contributed by atoms with Gasteiger partial charge in [0.1, 0.15) is 36.6 Å². The molecule has 39 heteroatoms. The second-order valence-corrected chi connectivity index (χ2v) is 18.0. The summed E-state index contributed by atoms with van der Waals surface area (Å²) in [6.45, 7) is -4.05. The highest BCUT2D eigenvalue weighted by Crippen LogP contribution is 2.29. The fraction of sp³-hybridized carbons (Fsp3) is 0.632. The SMILES string of the molecule is O=C(NC[C@H]1O[C@H](OCc2ccccc2)C[C@@H](OS(=O)(=O)O)[C@@H]1OS(=O)(=O)O)[C@H](OS(=O)(=O)O)[C@@H](OS(=O)(=O)O)[C@H](OS(=O)(=O)O)[C@@H](COS(=O)(=O)O)OS(=O)(=O)O. The number of benzene rings is 1. The van der Waals surface area contributed by atoms with Crippen molar-refractivity contribution < 1.29 is 134 Å². The van der Waals surface area contributed by atoms with E-state index in [1.807, 2.05) is 0 Å². The van der Waals surface area contributed by atoms with Crippen LogP contribution in [0.5, 0.6) is 0 Å². The topological polar surface area (TPSA) is 493 Å². The molecule has 1 fully saturated rings. The molecule has 338 valence electrons. The highest BCUT2D eigenvalue weighted by atomic mass is 32.3. The van der Waals surface area contributed by atoms with Gasteiger partial charge in [-0.3, -0.25) is 36.7 Å². The van der Waals surface area contributed by atoms with Crippen LogP contribution in [0, 0.1) is 0 Å². The normalized spacial score (nSPS) is 22.4. The van der Waals surface area contributed by atoms with Gasteiger partial charge >= 0.3 is 72.8 Å². The summed E-state index contributed by atoms with van der Waals surface area (Å²) in [7, 11) is -42.0. The predicted octanol–water partition coefficient (Wildman–Crippen LogP) is -4.62. The van der Waals surface area contributed by atoms with Crippen LogP contribution in [0.4, 0.5) is 0 Å². The van der Waals surface area contributed by atoms with E-state index in [1.54, 1.807) is 11.4 Å². The van der Waals surface area contributed by atoms with Crippen LogP contribution in [0.3, 0.4) is 0 Å². The monoisotopic (exact) mass is 991 g/mol. The Morgan fingerprint density at radius 1 is 0.655 bits per heavy atom. The molecule has 0 unspecified atom stereocenters. The van der Waals surface area contributed by atoms with E-state index in [-0.39, 0.29) is 6.61 Å². The zero-order valence-corrected chi connectivity index (χ0v) is 33.3. The summed E-state index contributed by atoms with van der Waals surface area (Å²) in [6, 6.07) is 7.65. The summed E-state index contributed by atoms with van der Waals surface area (Å²) >= 11 is 0. The largest absolute Gasteiger partial charge is 0.398 e. The van der Waals surface area contributed by atoms with Crippen molar-refractivity contribution in [2.24, 2.45) is 0 Å². The molecule has 1 aliphatic rings. The van der Waals surface area contributed by atoms with E-state index < -0.39 is 147 Å². The molecule has 1 aromatic carbocycles. The lowest BCUT2D eigenvalue weighted by Gasteiger charge is -2.39. The van der Waals surface area contributed by atoms with Crippen LogP contribution in [0.15, 0.2) is 30.3 Å². The molecule has 0 aromatic heterocycles. The Morgan fingerprint density at radius 3 is 1.62 bits per heavy atom. The minimum atomic E-state index is -6.33. The summed E-state index contributed by atoms with van der Waals surface area (Å²) in [4.78, 5) is 13.5. The second kappa shape index (κ2) is 20.0. The Hall–Kier alpha value is -2.30. The van der Waals surface area contributed by atoms with Gasteiger partial charge in [-0.1, -0.05) is 30.3 Å². The van der Waals surface area contributed by atoms with Crippen molar-refractivity contribution in [1.82, 2.24) is 5.32 Å². The highest BCUT2D eigenvalue weighted by Gasteiger charge is 2.51. The van der Waals surface area contributed by atoms with Gasteiger partial charge in [0.15, 0.2) is 12.4 Å². The lowest BCUT2D eigenvalue weighted by Crippen LogP contribution is -2.59. The van der Waals surface area contributed by atoms with Crippen LogP contribution in [-0.2, 0) is 123 Å². The van der Waals surface area contributed by atoms with Crippen molar-refractivity contribution in [2.75, 3.05) is 13.2 Å². The van der Waals surface area contributed by atoms with Crippen molar-refractivity contribution >= 4 is 78.7 Å². The quantitative estimate of drug-likeness (QED) is 0.0452. The first-order chi connectivity index (χ1) is 26.0. The summed E-state index contributed by atoms with van der Waals surface area (Å²) in [6.07, 6.45) is -24.2. The molecule has 32 nitrogen and oxygen atoms in total. The smallest absolute Gasteiger partial charge is 0.351 e. The third kappa shape index (κ3) is 21.3. The first-order valence-electron chi connectivity index (χ1n) is 14.1. The predicted molar refractivity (Wildman–Crippen MR) is 174 cm³/mol. The van der Waals surface area contributed by atoms with Crippen LogP contribution in [0.1, 0.15) is 12.0 Å². The van der Waals surface area contributed by atoms with Gasteiger partial charge in [0.2, 0.25) is 0 Å². The fourth-order valence-electron chi connectivity index (χ4n) is 4.49. The van der Waals surface area contributed by atoms with E-state index in [1.165, 1.54) is 24.3 Å². The van der Waals surface area contributed by atoms with Crippen LogP contribution >= 0.6 is 0 Å². The Kier molecular flexibility index (Phi) is 17.9. The molecule has 8 N–H and O–H groups in total. The van der Waals surface area contributed by atoms with E-state index in [2.05, 4.69) is 29.3 Å². The molecule has 1 saturated heterocycles. The molecular formula is C19H29NO31S7. The molecule has 1 amide bonds. The van der Waals surface area contributed by atoms with Gasteiger partial charge in [0.25, 0.3) is 5.91 Å². The lowest BCUT2D eigenvalue weighted by molar-refractivity contribution is -0.244. The molecule has 1 heterocycles. The molecule has 2 rings (SSSR count). The molecule has 0 aliphatic carbocycles. The molecular weight excluding hydrogens is 963 g/mol. The van der Waals surface area contributed by atoms with E-state index in [0.717, 1.165) is 0 Å². The van der Waals surface area contributed by atoms with Crippen LogP contribution in [0.2, 0.25) is 0 Å². The maximum Gasteiger partial charge on any atom is 0.398 e. The summed E-state index contributed by atoms with van der Waals surface area (Å²) < 4.78 is 267. The number of rotatable bonds is 24. The van der Waals surface area contributed by atoms with Gasteiger partial charge in [-0.25, -0.2) is 29.3 Å². The number of amides is 1. The summed E-state index contributed by atoms with van der Waals surface area (Å²) in [5, 5.41) is 1.55. The van der Waals surface area contributed by atoms with E-state index in [0.29, 0.717) is 5.56 Å². The minimum absolute atomic E-state index is 0.380. The van der Waals surface area contributed by atoms with Crippen LogP contribution in [0.25, 0.3) is 0 Å². The van der Waals surface area contributed by atoms with Gasteiger partial charge < -0.3 is 14.8 Å². The maximum absolute atomic E-state index is 13.5. The average molecular weight is 992 g/mol. The third-order valence-electron chi connectivity index (χ3n) is 6.28. The van der Waals surface area contributed by atoms with Crippen LogP contribution < -0.4 is 5.32 Å². The van der Waals surface area contributed by atoms with Gasteiger partial charge in [-0.05, 0) is 5.56 Å². The molecule has 0 bridgehead atoms. The van der Waals surface area contributed by atoms with Crippen molar-refractivity contribution in [2.45, 2.75) is 62.0 Å². The van der Waals surface area contributed by atoms with E-state index >= 15 is 0 Å².